The number of carbonyl (C=O) groups is 2. The zero-order valence-electron chi connectivity index (χ0n) is 44.8. The topological polar surface area (TPSA) is 61.8 Å². The van der Waals surface area contributed by atoms with Crippen LogP contribution < -0.4 is 0 Å². The SMILES string of the molecule is CC/C=C\C/C=C\C/C=C\C/C=C\CCCCCCC(=O)OC(COCCCCCCCC/C=C\C/C=C\C/C=C\CC)COC(=O)CCCCCCCCCCC/C=C\CCCCCCCC. The van der Waals surface area contributed by atoms with Crippen molar-refractivity contribution in [3.8, 4) is 0 Å². The van der Waals surface area contributed by atoms with Gasteiger partial charge < -0.3 is 14.2 Å². The molecule has 0 aliphatic rings. The van der Waals surface area contributed by atoms with Crippen LogP contribution >= 0.6 is 0 Å². The molecule has 0 fully saturated rings. The van der Waals surface area contributed by atoms with Crippen molar-refractivity contribution in [2.24, 2.45) is 0 Å². The highest BCUT2D eigenvalue weighted by atomic mass is 16.6. The summed E-state index contributed by atoms with van der Waals surface area (Å²) in [6, 6.07) is 0. The van der Waals surface area contributed by atoms with E-state index in [9.17, 15) is 9.59 Å². The smallest absolute Gasteiger partial charge is 0.306 e. The number of rotatable bonds is 52. The van der Waals surface area contributed by atoms with E-state index in [0.29, 0.717) is 19.4 Å². The van der Waals surface area contributed by atoms with E-state index >= 15 is 0 Å². The fraction of sp³-hybridized carbons (Fsp3) is 0.714. The predicted octanol–water partition coefficient (Wildman–Crippen LogP) is 19.8. The maximum atomic E-state index is 12.9. The van der Waals surface area contributed by atoms with Gasteiger partial charge in [0.25, 0.3) is 0 Å². The monoisotopic (exact) mass is 945 g/mol. The normalized spacial score (nSPS) is 12.9. The van der Waals surface area contributed by atoms with Crippen molar-refractivity contribution in [1.82, 2.24) is 0 Å². The van der Waals surface area contributed by atoms with Crippen LogP contribution in [0.1, 0.15) is 265 Å². The first-order chi connectivity index (χ1) is 33.6. The molecule has 5 nitrogen and oxygen atoms in total. The van der Waals surface area contributed by atoms with Crippen molar-refractivity contribution < 1.29 is 23.8 Å². The van der Waals surface area contributed by atoms with E-state index in [1.54, 1.807) is 0 Å². The highest BCUT2D eigenvalue weighted by Crippen LogP contribution is 2.14. The number of carbonyl (C=O) groups excluding carboxylic acids is 2. The van der Waals surface area contributed by atoms with Crippen LogP contribution in [0.4, 0.5) is 0 Å². The molecule has 1 atom stereocenters. The van der Waals surface area contributed by atoms with E-state index in [2.05, 4.69) is 118 Å². The summed E-state index contributed by atoms with van der Waals surface area (Å²) in [5, 5.41) is 0. The molecule has 1 unspecified atom stereocenters. The molecule has 0 radical (unpaired) electrons. The maximum Gasteiger partial charge on any atom is 0.306 e. The van der Waals surface area contributed by atoms with Crippen molar-refractivity contribution in [3.63, 3.8) is 0 Å². The molecule has 0 amide bonds. The highest BCUT2D eigenvalue weighted by Gasteiger charge is 2.17. The van der Waals surface area contributed by atoms with Gasteiger partial charge in [0.1, 0.15) is 6.61 Å². The summed E-state index contributed by atoms with van der Waals surface area (Å²) in [4.78, 5) is 25.5. The number of unbranched alkanes of at least 4 members (excludes halogenated alkanes) is 25. The summed E-state index contributed by atoms with van der Waals surface area (Å²) in [5.74, 6) is -0.432. The van der Waals surface area contributed by atoms with Gasteiger partial charge in [-0.15, -0.1) is 0 Å². The van der Waals surface area contributed by atoms with E-state index in [-0.39, 0.29) is 25.2 Å². The fourth-order valence-electron chi connectivity index (χ4n) is 7.86. The molecule has 0 aromatic rings. The third kappa shape index (κ3) is 55.4. The lowest BCUT2D eigenvalue weighted by atomic mass is 10.1. The van der Waals surface area contributed by atoms with Gasteiger partial charge in [0.15, 0.2) is 6.10 Å². The molecule has 5 heteroatoms. The molecule has 0 spiro atoms. The van der Waals surface area contributed by atoms with E-state index in [1.807, 2.05) is 0 Å². The Hall–Kier alpha value is -3.18. The van der Waals surface area contributed by atoms with E-state index in [1.165, 1.54) is 122 Å². The van der Waals surface area contributed by atoms with Crippen molar-refractivity contribution in [1.29, 1.82) is 0 Å². The Morgan fingerprint density at radius 3 is 1.07 bits per heavy atom. The first-order valence-corrected chi connectivity index (χ1v) is 28.8. The zero-order chi connectivity index (χ0) is 49.2. The lowest BCUT2D eigenvalue weighted by Crippen LogP contribution is -2.30. The molecule has 0 saturated carbocycles. The van der Waals surface area contributed by atoms with Gasteiger partial charge in [-0.25, -0.2) is 0 Å². The number of ether oxygens (including phenoxy) is 3. The lowest BCUT2D eigenvalue weighted by Gasteiger charge is -2.18. The number of allylic oxidation sites excluding steroid dienone is 16. The second-order valence-corrected chi connectivity index (χ2v) is 18.8. The summed E-state index contributed by atoms with van der Waals surface area (Å²) in [6.07, 6.45) is 78.6. The molecular weight excluding hydrogens is 837 g/mol. The van der Waals surface area contributed by atoms with Gasteiger partial charge in [-0.05, 0) is 116 Å². The van der Waals surface area contributed by atoms with E-state index in [4.69, 9.17) is 14.2 Å². The van der Waals surface area contributed by atoms with Crippen molar-refractivity contribution in [2.45, 2.75) is 271 Å². The largest absolute Gasteiger partial charge is 0.462 e. The number of hydrogen-bond acceptors (Lipinski definition) is 5. The summed E-state index contributed by atoms with van der Waals surface area (Å²) < 4.78 is 17.5. The molecule has 0 aromatic carbocycles. The molecule has 0 aliphatic heterocycles. The van der Waals surface area contributed by atoms with Crippen LogP contribution in [0.2, 0.25) is 0 Å². The summed E-state index contributed by atoms with van der Waals surface area (Å²) in [5.41, 5.74) is 0. The quantitative estimate of drug-likeness (QED) is 0.0345. The molecule has 0 saturated heterocycles. The first-order valence-electron chi connectivity index (χ1n) is 28.8. The third-order valence-corrected chi connectivity index (χ3v) is 12.1. The molecule has 0 bridgehead atoms. The Kier molecular flexibility index (Phi) is 55.4. The van der Waals surface area contributed by atoms with Crippen LogP contribution in [0.5, 0.6) is 0 Å². The van der Waals surface area contributed by atoms with Gasteiger partial charge in [0.05, 0.1) is 6.61 Å². The summed E-state index contributed by atoms with van der Waals surface area (Å²) in [6.45, 7) is 7.56. The maximum absolute atomic E-state index is 12.9. The molecule has 0 heterocycles. The van der Waals surface area contributed by atoms with Crippen LogP contribution in [0.15, 0.2) is 97.2 Å². The van der Waals surface area contributed by atoms with Crippen molar-refractivity contribution in [3.05, 3.63) is 97.2 Å². The van der Waals surface area contributed by atoms with Crippen LogP contribution in [0.25, 0.3) is 0 Å². The van der Waals surface area contributed by atoms with Crippen LogP contribution in [0, 0.1) is 0 Å². The van der Waals surface area contributed by atoms with Crippen LogP contribution in [0.3, 0.4) is 0 Å². The second-order valence-electron chi connectivity index (χ2n) is 18.8. The molecule has 0 N–H and O–H groups in total. The van der Waals surface area contributed by atoms with Gasteiger partial charge in [-0.3, -0.25) is 9.59 Å². The van der Waals surface area contributed by atoms with Gasteiger partial charge in [0, 0.05) is 19.4 Å². The Labute approximate surface area is 422 Å². The average Bonchev–Trinajstić information content (AvgIpc) is 3.34. The van der Waals surface area contributed by atoms with Gasteiger partial charge >= 0.3 is 11.9 Å². The van der Waals surface area contributed by atoms with Gasteiger partial charge in [-0.1, -0.05) is 234 Å². The first kappa shape index (κ1) is 64.8. The zero-order valence-corrected chi connectivity index (χ0v) is 44.8. The third-order valence-electron chi connectivity index (χ3n) is 12.1. The van der Waals surface area contributed by atoms with Gasteiger partial charge in [-0.2, -0.15) is 0 Å². The minimum absolute atomic E-state index is 0.0649. The fourth-order valence-corrected chi connectivity index (χ4v) is 7.86. The summed E-state index contributed by atoms with van der Waals surface area (Å²) >= 11 is 0. The Bertz CT molecular complexity index is 1300. The highest BCUT2D eigenvalue weighted by molar-refractivity contribution is 5.70. The molecule has 390 valence electrons. The molecular formula is C63H108O5. The lowest BCUT2D eigenvalue weighted by molar-refractivity contribution is -0.163. The minimum atomic E-state index is -0.563. The van der Waals surface area contributed by atoms with Crippen LogP contribution in [-0.2, 0) is 23.8 Å². The van der Waals surface area contributed by atoms with Crippen molar-refractivity contribution in [2.75, 3.05) is 19.8 Å². The molecule has 0 aliphatic carbocycles. The van der Waals surface area contributed by atoms with Crippen molar-refractivity contribution >= 4 is 11.9 Å². The molecule has 0 aromatic heterocycles. The molecule has 68 heavy (non-hydrogen) atoms. The molecule has 0 rings (SSSR count). The average molecular weight is 946 g/mol. The van der Waals surface area contributed by atoms with E-state index in [0.717, 1.165) is 109 Å². The second kappa shape index (κ2) is 58.1. The van der Waals surface area contributed by atoms with E-state index < -0.39 is 6.10 Å². The Morgan fingerprint density at radius 2 is 0.662 bits per heavy atom. The number of hydrogen-bond donors (Lipinski definition) is 0. The van der Waals surface area contributed by atoms with Crippen LogP contribution in [-0.4, -0.2) is 37.9 Å². The predicted molar refractivity (Wildman–Crippen MR) is 297 cm³/mol. The minimum Gasteiger partial charge on any atom is -0.462 e. The Balaban J connectivity index is 4.34. The number of esters is 2. The van der Waals surface area contributed by atoms with Gasteiger partial charge in [0.2, 0.25) is 0 Å². The summed E-state index contributed by atoms with van der Waals surface area (Å²) in [7, 11) is 0. The Morgan fingerprint density at radius 1 is 0.338 bits per heavy atom. The standard InChI is InChI=1S/C63H108O5/c1-4-7-10-13-16-19-22-25-28-31-32-34-35-38-41-44-47-50-53-56-62(64)67-60-61(59-66-58-55-52-49-46-43-40-37-30-27-24-21-18-15-12-9-6-3)68-63(65)57-54-51-48-45-42-39-36-33-29-26-23-20-17-14-11-8-5-2/h8-9,11-12,17-18,20-21,25-30,36,39,61H,4-7,10,13-16,19,22-24,31-35,37-38,40-60H2,1-3H3/b11-8-,12-9-,20-17-,21-18-,28-25-,29-26-,30-27-,39-36-.